The van der Waals surface area contributed by atoms with Crippen molar-refractivity contribution >= 4 is 23.5 Å². The van der Waals surface area contributed by atoms with Gasteiger partial charge in [0.15, 0.2) is 11.5 Å². The SMILES string of the molecule is COc1ccc(CCN2C(=O)N[C@H](CC(=O)N[C@@H](C)c3nnc4ccccn34)C2=O)cc1. The monoisotopic (exact) mass is 436 g/mol. The molecule has 1 aromatic carbocycles. The summed E-state index contributed by atoms with van der Waals surface area (Å²) in [5.74, 6) is 0.556. The molecule has 3 heterocycles. The van der Waals surface area contributed by atoms with Crippen LogP contribution in [0.4, 0.5) is 4.79 Å². The fraction of sp³-hybridized carbons (Fsp3) is 0.318. The second kappa shape index (κ2) is 9.04. The number of ether oxygens (including phenoxy) is 1. The molecule has 1 fully saturated rings. The summed E-state index contributed by atoms with van der Waals surface area (Å²) >= 11 is 0. The lowest BCUT2D eigenvalue weighted by Gasteiger charge is -2.15. The minimum absolute atomic E-state index is 0.148. The first-order valence-corrected chi connectivity index (χ1v) is 10.3. The molecule has 3 aromatic rings. The number of methoxy groups -OCH3 is 1. The van der Waals surface area contributed by atoms with Crippen molar-refractivity contribution in [2.45, 2.75) is 31.8 Å². The number of nitrogens with zero attached hydrogens (tertiary/aromatic N) is 4. The highest BCUT2D eigenvalue weighted by Crippen LogP contribution is 2.16. The number of urea groups is 1. The molecule has 32 heavy (non-hydrogen) atoms. The van der Waals surface area contributed by atoms with Crippen molar-refractivity contribution in [1.82, 2.24) is 30.1 Å². The molecule has 1 saturated heterocycles. The first kappa shape index (κ1) is 21.3. The van der Waals surface area contributed by atoms with Crippen LogP contribution < -0.4 is 15.4 Å². The number of fused-ring (bicyclic) bond motifs is 1. The van der Waals surface area contributed by atoms with Gasteiger partial charge in [-0.25, -0.2) is 4.79 Å². The predicted octanol–water partition coefficient (Wildman–Crippen LogP) is 1.47. The van der Waals surface area contributed by atoms with Crippen molar-refractivity contribution in [3.63, 3.8) is 0 Å². The van der Waals surface area contributed by atoms with Gasteiger partial charge in [0.1, 0.15) is 11.8 Å². The maximum Gasteiger partial charge on any atom is 0.324 e. The molecule has 2 N–H and O–H groups in total. The van der Waals surface area contributed by atoms with Gasteiger partial charge in [0.05, 0.1) is 19.6 Å². The van der Waals surface area contributed by atoms with Crippen molar-refractivity contribution in [3.8, 4) is 5.75 Å². The average molecular weight is 436 g/mol. The highest BCUT2D eigenvalue weighted by Gasteiger charge is 2.38. The normalized spacial score (nSPS) is 16.8. The van der Waals surface area contributed by atoms with Gasteiger partial charge in [0.25, 0.3) is 5.91 Å². The number of aromatic nitrogens is 3. The zero-order valence-electron chi connectivity index (χ0n) is 17.8. The third kappa shape index (κ3) is 4.39. The maximum absolute atomic E-state index is 12.7. The Morgan fingerprint density at radius 2 is 1.97 bits per heavy atom. The summed E-state index contributed by atoms with van der Waals surface area (Å²) in [5.41, 5.74) is 1.65. The summed E-state index contributed by atoms with van der Waals surface area (Å²) < 4.78 is 6.92. The van der Waals surface area contributed by atoms with Crippen LogP contribution in [0.15, 0.2) is 48.7 Å². The molecule has 1 aliphatic heterocycles. The van der Waals surface area contributed by atoms with Crippen molar-refractivity contribution in [3.05, 3.63) is 60.0 Å². The third-order valence-corrected chi connectivity index (χ3v) is 5.38. The molecule has 166 valence electrons. The summed E-state index contributed by atoms with van der Waals surface area (Å²) in [4.78, 5) is 38.6. The molecular formula is C22H24N6O4. The van der Waals surface area contributed by atoms with Gasteiger partial charge in [0.2, 0.25) is 5.91 Å². The van der Waals surface area contributed by atoms with Gasteiger partial charge in [-0.2, -0.15) is 0 Å². The minimum Gasteiger partial charge on any atom is -0.497 e. The molecule has 10 nitrogen and oxygen atoms in total. The molecule has 2 atom stereocenters. The minimum atomic E-state index is -0.888. The quantitative estimate of drug-likeness (QED) is 0.517. The van der Waals surface area contributed by atoms with E-state index in [9.17, 15) is 14.4 Å². The molecular weight excluding hydrogens is 412 g/mol. The van der Waals surface area contributed by atoms with Gasteiger partial charge in [-0.05, 0) is 43.2 Å². The number of nitrogens with one attached hydrogen (secondary N) is 2. The number of benzene rings is 1. The molecule has 10 heteroatoms. The van der Waals surface area contributed by atoms with Crippen molar-refractivity contribution in [1.29, 1.82) is 0 Å². The molecule has 0 spiro atoms. The van der Waals surface area contributed by atoms with Gasteiger partial charge >= 0.3 is 6.03 Å². The highest BCUT2D eigenvalue weighted by molar-refractivity contribution is 6.05. The van der Waals surface area contributed by atoms with Crippen LogP contribution in [0.5, 0.6) is 5.75 Å². The molecule has 0 unspecified atom stereocenters. The zero-order valence-corrected chi connectivity index (χ0v) is 17.8. The Labute approximate surface area is 184 Å². The van der Waals surface area contributed by atoms with Crippen molar-refractivity contribution in [2.75, 3.05) is 13.7 Å². The Bertz CT molecular complexity index is 1140. The number of hydrogen-bond acceptors (Lipinski definition) is 6. The van der Waals surface area contributed by atoms with Crippen LogP contribution in [0.25, 0.3) is 5.65 Å². The molecule has 0 radical (unpaired) electrons. The number of pyridine rings is 1. The second-order valence-electron chi connectivity index (χ2n) is 7.57. The molecule has 0 bridgehead atoms. The lowest BCUT2D eigenvalue weighted by Crippen LogP contribution is -2.38. The summed E-state index contributed by atoms with van der Waals surface area (Å²) in [6.45, 7) is 2.02. The lowest BCUT2D eigenvalue weighted by molar-refractivity contribution is -0.131. The standard InChI is InChI=1S/C22H24N6O4/c1-14(20-26-25-18-5-3-4-11-27(18)20)23-19(29)13-17-21(30)28(22(31)24-17)12-10-15-6-8-16(32-2)9-7-15/h3-9,11,14,17H,10,12-13H2,1-2H3,(H,23,29)(H,24,31)/t14-,17+/m0/s1. The Balaban J connectivity index is 1.32. The largest absolute Gasteiger partial charge is 0.497 e. The molecule has 1 aliphatic rings. The van der Waals surface area contributed by atoms with E-state index in [1.54, 1.807) is 18.4 Å². The van der Waals surface area contributed by atoms with Crippen molar-refractivity contribution in [2.24, 2.45) is 0 Å². The number of amides is 4. The number of carbonyl (C=O) groups is 3. The van der Waals surface area contributed by atoms with Gasteiger partial charge in [-0.15, -0.1) is 10.2 Å². The maximum atomic E-state index is 12.7. The first-order valence-electron chi connectivity index (χ1n) is 10.3. The van der Waals surface area contributed by atoms with Crippen LogP contribution in [0.2, 0.25) is 0 Å². The Morgan fingerprint density at radius 3 is 2.72 bits per heavy atom. The van der Waals surface area contributed by atoms with E-state index in [-0.39, 0.29) is 18.9 Å². The summed E-state index contributed by atoms with van der Waals surface area (Å²) in [5, 5.41) is 13.6. The van der Waals surface area contributed by atoms with E-state index >= 15 is 0 Å². The van der Waals surface area contributed by atoms with E-state index < -0.39 is 24.0 Å². The summed E-state index contributed by atoms with van der Waals surface area (Å²) in [6, 6.07) is 11.2. The Morgan fingerprint density at radius 1 is 1.19 bits per heavy atom. The van der Waals surface area contributed by atoms with Crippen LogP contribution in [-0.4, -0.2) is 57.0 Å². The lowest BCUT2D eigenvalue weighted by atomic mass is 10.1. The van der Waals surface area contributed by atoms with E-state index in [1.807, 2.05) is 48.7 Å². The summed E-state index contributed by atoms with van der Waals surface area (Å²) in [7, 11) is 1.59. The zero-order chi connectivity index (χ0) is 22.7. The van der Waals surface area contributed by atoms with E-state index in [0.717, 1.165) is 16.2 Å². The fourth-order valence-electron chi connectivity index (χ4n) is 3.67. The first-order chi connectivity index (χ1) is 15.5. The topological polar surface area (TPSA) is 118 Å². The third-order valence-electron chi connectivity index (χ3n) is 5.38. The summed E-state index contributed by atoms with van der Waals surface area (Å²) in [6.07, 6.45) is 2.18. The van der Waals surface area contributed by atoms with Gasteiger partial charge in [0, 0.05) is 12.7 Å². The van der Waals surface area contributed by atoms with Gasteiger partial charge < -0.3 is 15.4 Å². The molecule has 0 aliphatic carbocycles. The van der Waals surface area contributed by atoms with Crippen LogP contribution in [0, 0.1) is 0 Å². The predicted molar refractivity (Wildman–Crippen MR) is 115 cm³/mol. The molecule has 2 aromatic heterocycles. The van der Waals surface area contributed by atoms with Crippen molar-refractivity contribution < 1.29 is 19.1 Å². The average Bonchev–Trinajstić information content (AvgIpc) is 3.33. The molecule has 4 amide bonds. The van der Waals surface area contributed by atoms with E-state index in [1.165, 1.54) is 0 Å². The number of rotatable bonds is 8. The number of imide groups is 1. The van der Waals surface area contributed by atoms with Gasteiger partial charge in [-0.3, -0.25) is 18.9 Å². The fourth-order valence-corrected chi connectivity index (χ4v) is 3.67. The van der Waals surface area contributed by atoms with E-state index in [2.05, 4.69) is 20.8 Å². The van der Waals surface area contributed by atoms with Crippen LogP contribution in [-0.2, 0) is 16.0 Å². The Kier molecular flexibility index (Phi) is 6.02. The van der Waals surface area contributed by atoms with Crippen LogP contribution in [0.1, 0.15) is 30.8 Å². The van der Waals surface area contributed by atoms with Gasteiger partial charge in [-0.1, -0.05) is 18.2 Å². The highest BCUT2D eigenvalue weighted by atomic mass is 16.5. The van der Waals surface area contributed by atoms with E-state index in [0.29, 0.717) is 17.9 Å². The molecule has 0 saturated carbocycles. The molecule has 4 rings (SSSR count). The second-order valence-corrected chi connectivity index (χ2v) is 7.57. The van der Waals surface area contributed by atoms with E-state index in [4.69, 9.17) is 4.74 Å². The number of carbonyl (C=O) groups excluding carboxylic acids is 3. The number of hydrogen-bond donors (Lipinski definition) is 2. The van der Waals surface area contributed by atoms with Crippen LogP contribution in [0.3, 0.4) is 0 Å². The Hall–Kier alpha value is -3.95. The van der Waals surface area contributed by atoms with Crippen LogP contribution >= 0.6 is 0 Å². The smallest absolute Gasteiger partial charge is 0.324 e.